The lowest BCUT2D eigenvalue weighted by molar-refractivity contribution is 0.660. The van der Waals surface area contributed by atoms with Crippen molar-refractivity contribution in [3.05, 3.63) is 35.9 Å². The van der Waals surface area contributed by atoms with Gasteiger partial charge in [0, 0.05) is 42.7 Å². The zero-order valence-corrected chi connectivity index (χ0v) is 13.3. The Balaban J connectivity index is 2.28. The van der Waals surface area contributed by atoms with E-state index in [1.165, 1.54) is 0 Å². The molecule has 7 nitrogen and oxygen atoms in total. The number of nitrogens with two attached hydrogens (primary N) is 1. The van der Waals surface area contributed by atoms with Crippen LogP contribution in [-0.4, -0.2) is 24.5 Å². The second-order valence-electron chi connectivity index (χ2n) is 5.32. The summed E-state index contributed by atoms with van der Waals surface area (Å²) in [5.74, 6) is 0.219. The molecule has 0 aliphatic heterocycles. The zero-order chi connectivity index (χ0) is 16.6. The molecule has 3 aromatic heterocycles. The third-order valence-electron chi connectivity index (χ3n) is 3.80. The lowest BCUT2D eigenvalue weighted by atomic mass is 9.95. The molecule has 0 saturated carbocycles. The molecule has 0 fully saturated rings. The second kappa shape index (κ2) is 5.57. The minimum atomic E-state index is 0.219. The van der Waals surface area contributed by atoms with Gasteiger partial charge in [0.15, 0.2) is 0 Å². The van der Waals surface area contributed by atoms with Crippen LogP contribution in [0.25, 0.3) is 22.4 Å². The molecule has 0 aliphatic carbocycles. The molecular weight excluding hydrogens is 290 g/mol. The molecule has 2 N–H and O–H groups in total. The summed E-state index contributed by atoms with van der Waals surface area (Å²) >= 11 is 0. The van der Waals surface area contributed by atoms with Crippen LogP contribution in [0.4, 0.5) is 5.82 Å². The number of aryl methyl sites for hydroxylation is 2. The van der Waals surface area contributed by atoms with Gasteiger partial charge in [-0.25, -0.2) is 4.98 Å². The Hall–Kier alpha value is -3.14. The normalized spacial score (nSPS) is 10.7. The number of aromatic nitrogens is 5. The van der Waals surface area contributed by atoms with Crippen LogP contribution in [0.15, 0.2) is 24.8 Å². The lowest BCUT2D eigenvalue weighted by Gasteiger charge is -2.12. The fourth-order valence-electron chi connectivity index (χ4n) is 2.66. The Morgan fingerprint density at radius 2 is 1.96 bits per heavy atom. The van der Waals surface area contributed by atoms with Crippen molar-refractivity contribution in [2.75, 3.05) is 5.73 Å². The first kappa shape index (κ1) is 14.8. The number of nitriles is 1. The van der Waals surface area contributed by atoms with Gasteiger partial charge in [0.2, 0.25) is 0 Å². The van der Waals surface area contributed by atoms with Crippen molar-refractivity contribution in [2.24, 2.45) is 7.05 Å². The molecule has 0 aromatic carbocycles. The molecule has 3 aromatic rings. The highest BCUT2D eigenvalue weighted by atomic mass is 15.3. The Kier molecular flexibility index (Phi) is 3.58. The summed E-state index contributed by atoms with van der Waals surface area (Å²) in [7, 11) is 1.85. The van der Waals surface area contributed by atoms with Gasteiger partial charge in [-0.2, -0.15) is 15.5 Å². The minimum Gasteiger partial charge on any atom is -0.383 e. The van der Waals surface area contributed by atoms with E-state index in [4.69, 9.17) is 5.73 Å². The minimum absolute atomic E-state index is 0.219. The third-order valence-corrected chi connectivity index (χ3v) is 3.80. The van der Waals surface area contributed by atoms with Crippen molar-refractivity contribution in [3.63, 3.8) is 0 Å². The van der Waals surface area contributed by atoms with Gasteiger partial charge < -0.3 is 5.73 Å². The van der Waals surface area contributed by atoms with Crippen LogP contribution in [0.2, 0.25) is 0 Å². The van der Waals surface area contributed by atoms with Crippen LogP contribution in [0.5, 0.6) is 0 Å². The van der Waals surface area contributed by atoms with Gasteiger partial charge in [-0.05, 0) is 19.4 Å². The molecule has 7 heteroatoms. The van der Waals surface area contributed by atoms with Crippen LogP contribution in [0.3, 0.4) is 0 Å². The molecule has 3 heterocycles. The number of nitrogen functional groups attached to an aromatic ring is 1. The van der Waals surface area contributed by atoms with Gasteiger partial charge in [-0.15, -0.1) is 0 Å². The highest BCUT2D eigenvalue weighted by Gasteiger charge is 2.19. The van der Waals surface area contributed by atoms with E-state index in [0.717, 1.165) is 34.5 Å². The fraction of sp³-hybridized carbons (Fsp3) is 0.250. The standard InChI is InChI=1S/C16H17N7/c1-4-23-9-11(6-20-23)14-10(2)15(12-7-19-22(3)8-12)21-16(18)13(14)5-17/h6-9H,4H2,1-3H3,(H2,18,21). The lowest BCUT2D eigenvalue weighted by Crippen LogP contribution is -2.02. The van der Waals surface area contributed by atoms with Crippen LogP contribution in [0.1, 0.15) is 18.1 Å². The van der Waals surface area contributed by atoms with Gasteiger partial charge >= 0.3 is 0 Å². The van der Waals surface area contributed by atoms with Crippen LogP contribution < -0.4 is 5.73 Å². The van der Waals surface area contributed by atoms with Crippen molar-refractivity contribution < 1.29 is 0 Å². The molecule has 0 spiro atoms. The van der Waals surface area contributed by atoms with Gasteiger partial charge in [0.05, 0.1) is 18.1 Å². The maximum atomic E-state index is 9.50. The quantitative estimate of drug-likeness (QED) is 0.799. The second-order valence-corrected chi connectivity index (χ2v) is 5.32. The Morgan fingerprint density at radius 3 is 2.52 bits per heavy atom. The summed E-state index contributed by atoms with van der Waals surface area (Å²) in [4.78, 5) is 4.41. The molecule has 3 rings (SSSR count). The Labute approximate surface area is 134 Å². The van der Waals surface area contributed by atoms with E-state index in [0.29, 0.717) is 5.56 Å². The van der Waals surface area contributed by atoms with E-state index < -0.39 is 0 Å². The third kappa shape index (κ3) is 2.44. The molecule has 0 amide bonds. The molecule has 23 heavy (non-hydrogen) atoms. The Bertz CT molecular complexity index is 911. The van der Waals surface area contributed by atoms with Crippen molar-refractivity contribution in [2.45, 2.75) is 20.4 Å². The first-order chi connectivity index (χ1) is 11.0. The molecule has 0 radical (unpaired) electrons. The summed E-state index contributed by atoms with van der Waals surface area (Å²) in [6, 6.07) is 2.17. The fourth-order valence-corrected chi connectivity index (χ4v) is 2.66. The number of nitrogens with zero attached hydrogens (tertiary/aromatic N) is 6. The van der Waals surface area contributed by atoms with Crippen molar-refractivity contribution in [1.82, 2.24) is 24.5 Å². The van der Waals surface area contributed by atoms with E-state index in [1.54, 1.807) is 17.1 Å². The number of anilines is 1. The zero-order valence-electron chi connectivity index (χ0n) is 13.3. The summed E-state index contributed by atoms with van der Waals surface area (Å²) in [5, 5.41) is 18.0. The van der Waals surface area contributed by atoms with E-state index >= 15 is 0 Å². The summed E-state index contributed by atoms with van der Waals surface area (Å²) in [5.41, 5.74) is 10.5. The summed E-state index contributed by atoms with van der Waals surface area (Å²) in [6.45, 7) is 4.71. The SMILES string of the molecule is CCn1cc(-c2c(C)c(-c3cnn(C)c3)nc(N)c2C#N)cn1. The number of pyridine rings is 1. The summed E-state index contributed by atoms with van der Waals surface area (Å²) in [6.07, 6.45) is 7.27. The maximum absolute atomic E-state index is 9.50. The topological polar surface area (TPSA) is 98.3 Å². The number of rotatable bonds is 3. The average molecular weight is 307 g/mol. The molecule has 0 unspecified atom stereocenters. The largest absolute Gasteiger partial charge is 0.383 e. The Morgan fingerprint density at radius 1 is 1.22 bits per heavy atom. The van der Waals surface area contributed by atoms with Crippen molar-refractivity contribution in [3.8, 4) is 28.5 Å². The summed E-state index contributed by atoms with van der Waals surface area (Å²) < 4.78 is 3.52. The molecule has 0 aliphatic rings. The van der Waals surface area contributed by atoms with Crippen molar-refractivity contribution in [1.29, 1.82) is 5.26 Å². The number of hydrogen-bond donors (Lipinski definition) is 1. The van der Waals surface area contributed by atoms with E-state index in [1.807, 2.05) is 38.0 Å². The van der Waals surface area contributed by atoms with Crippen LogP contribution in [-0.2, 0) is 13.6 Å². The van der Waals surface area contributed by atoms with Gasteiger partial charge in [0.25, 0.3) is 0 Å². The molecular formula is C16H17N7. The average Bonchev–Trinajstić information content (AvgIpc) is 3.17. The van der Waals surface area contributed by atoms with Gasteiger partial charge in [-0.3, -0.25) is 9.36 Å². The monoisotopic (exact) mass is 307 g/mol. The van der Waals surface area contributed by atoms with Gasteiger partial charge in [-0.1, -0.05) is 0 Å². The van der Waals surface area contributed by atoms with E-state index in [9.17, 15) is 5.26 Å². The first-order valence-electron chi connectivity index (χ1n) is 7.27. The molecule has 0 saturated heterocycles. The smallest absolute Gasteiger partial charge is 0.142 e. The van der Waals surface area contributed by atoms with Crippen LogP contribution in [0, 0.1) is 18.3 Å². The first-order valence-corrected chi connectivity index (χ1v) is 7.27. The highest BCUT2D eigenvalue weighted by Crippen LogP contribution is 2.35. The van der Waals surface area contributed by atoms with Gasteiger partial charge in [0.1, 0.15) is 17.5 Å². The van der Waals surface area contributed by atoms with E-state index in [-0.39, 0.29) is 5.82 Å². The van der Waals surface area contributed by atoms with E-state index in [2.05, 4.69) is 21.3 Å². The maximum Gasteiger partial charge on any atom is 0.142 e. The highest BCUT2D eigenvalue weighted by molar-refractivity contribution is 5.83. The predicted molar refractivity (Wildman–Crippen MR) is 87.2 cm³/mol. The molecule has 0 bridgehead atoms. The molecule has 0 atom stereocenters. The van der Waals surface area contributed by atoms with Crippen LogP contribution >= 0.6 is 0 Å². The molecule has 116 valence electrons. The number of hydrogen-bond acceptors (Lipinski definition) is 5. The van der Waals surface area contributed by atoms with Crippen molar-refractivity contribution >= 4 is 5.82 Å². The predicted octanol–water partition coefficient (Wildman–Crippen LogP) is 2.13.